The Labute approximate surface area is 92.7 Å². The third-order valence-electron chi connectivity index (χ3n) is 5.39. The van der Waals surface area contributed by atoms with Crippen LogP contribution in [0.4, 0.5) is 0 Å². The van der Waals surface area contributed by atoms with Crippen LogP contribution in [0.5, 0.6) is 0 Å². The van der Waals surface area contributed by atoms with E-state index >= 15 is 0 Å². The minimum atomic E-state index is -0.575. The standard InChI is InChI=1S/C13H24O2/c1-3-12(4-2,9-14)13(15)8-10-5-6-11(13)7-10/h10-11,14-15H,3-9H2,1-2H3. The third kappa shape index (κ3) is 1.38. The van der Waals surface area contributed by atoms with Crippen molar-refractivity contribution in [3.05, 3.63) is 0 Å². The molecule has 0 spiro atoms. The molecule has 2 heteroatoms. The molecule has 0 amide bonds. The van der Waals surface area contributed by atoms with Gasteiger partial charge in [0.1, 0.15) is 0 Å². The zero-order valence-corrected chi connectivity index (χ0v) is 10.00. The SMILES string of the molecule is CCC(CC)(CO)C1(O)CC2CCC1C2. The fourth-order valence-corrected chi connectivity index (χ4v) is 4.17. The minimum absolute atomic E-state index is 0.139. The van der Waals surface area contributed by atoms with Gasteiger partial charge in [-0.05, 0) is 50.4 Å². The van der Waals surface area contributed by atoms with E-state index in [0.717, 1.165) is 25.2 Å². The molecule has 0 heterocycles. The van der Waals surface area contributed by atoms with Crippen LogP contribution in [0.3, 0.4) is 0 Å². The lowest BCUT2D eigenvalue weighted by atomic mass is 9.62. The highest BCUT2D eigenvalue weighted by Crippen LogP contribution is 2.59. The van der Waals surface area contributed by atoms with Crippen molar-refractivity contribution in [1.82, 2.24) is 0 Å². The predicted octanol–water partition coefficient (Wildman–Crippen LogP) is 2.34. The van der Waals surface area contributed by atoms with E-state index in [1.54, 1.807) is 0 Å². The first-order valence-electron chi connectivity index (χ1n) is 6.45. The van der Waals surface area contributed by atoms with Crippen LogP contribution in [-0.4, -0.2) is 22.4 Å². The first-order valence-corrected chi connectivity index (χ1v) is 6.45. The summed E-state index contributed by atoms with van der Waals surface area (Å²) >= 11 is 0. The zero-order chi connectivity index (χ0) is 11.1. The van der Waals surface area contributed by atoms with Gasteiger partial charge in [-0.15, -0.1) is 0 Å². The summed E-state index contributed by atoms with van der Waals surface area (Å²) in [5, 5.41) is 20.6. The lowest BCUT2D eigenvalue weighted by Crippen LogP contribution is -2.53. The van der Waals surface area contributed by atoms with E-state index in [-0.39, 0.29) is 12.0 Å². The average Bonchev–Trinajstić information content (AvgIpc) is 2.81. The largest absolute Gasteiger partial charge is 0.396 e. The van der Waals surface area contributed by atoms with Crippen LogP contribution in [0.25, 0.3) is 0 Å². The first-order chi connectivity index (χ1) is 7.12. The lowest BCUT2D eigenvalue weighted by molar-refractivity contribution is -0.146. The summed E-state index contributed by atoms with van der Waals surface area (Å²) in [7, 11) is 0. The second-order valence-electron chi connectivity index (χ2n) is 5.65. The fourth-order valence-electron chi connectivity index (χ4n) is 4.17. The van der Waals surface area contributed by atoms with Crippen LogP contribution in [0.2, 0.25) is 0 Å². The van der Waals surface area contributed by atoms with Crippen LogP contribution in [0.1, 0.15) is 52.4 Å². The first kappa shape index (κ1) is 11.4. The molecule has 2 aliphatic carbocycles. The van der Waals surface area contributed by atoms with Gasteiger partial charge in [-0.1, -0.05) is 13.8 Å². The molecular weight excluding hydrogens is 188 g/mol. The Morgan fingerprint density at radius 3 is 2.27 bits per heavy atom. The van der Waals surface area contributed by atoms with E-state index < -0.39 is 5.60 Å². The molecule has 3 unspecified atom stereocenters. The normalized spacial score (nSPS) is 40.0. The van der Waals surface area contributed by atoms with Gasteiger partial charge < -0.3 is 10.2 Å². The molecule has 2 fully saturated rings. The molecule has 0 aromatic rings. The molecular formula is C13H24O2. The summed E-state index contributed by atoms with van der Waals surface area (Å²) in [5.74, 6) is 1.18. The minimum Gasteiger partial charge on any atom is -0.396 e. The van der Waals surface area contributed by atoms with E-state index in [0.29, 0.717) is 5.92 Å². The van der Waals surface area contributed by atoms with Crippen LogP contribution in [0.15, 0.2) is 0 Å². The number of fused-ring (bicyclic) bond motifs is 2. The van der Waals surface area contributed by atoms with Gasteiger partial charge in [-0.3, -0.25) is 0 Å². The van der Waals surface area contributed by atoms with Crippen molar-refractivity contribution in [3.63, 3.8) is 0 Å². The van der Waals surface area contributed by atoms with Crippen molar-refractivity contribution in [2.75, 3.05) is 6.61 Å². The molecule has 15 heavy (non-hydrogen) atoms. The highest BCUT2D eigenvalue weighted by atomic mass is 16.3. The second-order valence-corrected chi connectivity index (χ2v) is 5.65. The molecule has 88 valence electrons. The van der Waals surface area contributed by atoms with Gasteiger partial charge in [-0.25, -0.2) is 0 Å². The van der Waals surface area contributed by atoms with Gasteiger partial charge in [0.2, 0.25) is 0 Å². The van der Waals surface area contributed by atoms with Crippen molar-refractivity contribution in [1.29, 1.82) is 0 Å². The number of hydrogen-bond acceptors (Lipinski definition) is 2. The molecule has 0 aliphatic heterocycles. The fraction of sp³-hybridized carbons (Fsp3) is 1.00. The van der Waals surface area contributed by atoms with Crippen LogP contribution in [-0.2, 0) is 0 Å². The Balaban J connectivity index is 2.27. The Kier molecular flexibility index (Phi) is 2.85. The second kappa shape index (κ2) is 3.74. The van der Waals surface area contributed by atoms with Crippen LogP contribution >= 0.6 is 0 Å². The van der Waals surface area contributed by atoms with Gasteiger partial charge >= 0.3 is 0 Å². The van der Waals surface area contributed by atoms with Gasteiger partial charge in [0.05, 0.1) is 12.2 Å². The molecule has 2 nitrogen and oxygen atoms in total. The maximum Gasteiger partial charge on any atom is 0.0756 e. The highest BCUT2D eigenvalue weighted by molar-refractivity contribution is 5.09. The topological polar surface area (TPSA) is 40.5 Å². The summed E-state index contributed by atoms with van der Waals surface area (Å²) < 4.78 is 0. The zero-order valence-electron chi connectivity index (χ0n) is 10.00. The predicted molar refractivity (Wildman–Crippen MR) is 60.5 cm³/mol. The van der Waals surface area contributed by atoms with Gasteiger partial charge in [0.15, 0.2) is 0 Å². The summed E-state index contributed by atoms with van der Waals surface area (Å²) in [4.78, 5) is 0. The molecule has 0 aromatic heterocycles. The van der Waals surface area contributed by atoms with Crippen molar-refractivity contribution in [3.8, 4) is 0 Å². The van der Waals surface area contributed by atoms with E-state index in [1.165, 1.54) is 19.3 Å². The molecule has 0 saturated heterocycles. The maximum absolute atomic E-state index is 10.9. The van der Waals surface area contributed by atoms with Gasteiger partial charge in [-0.2, -0.15) is 0 Å². The molecule has 2 N–H and O–H groups in total. The van der Waals surface area contributed by atoms with Crippen molar-refractivity contribution in [2.45, 2.75) is 58.0 Å². The summed E-state index contributed by atoms with van der Waals surface area (Å²) in [6.45, 7) is 4.34. The summed E-state index contributed by atoms with van der Waals surface area (Å²) in [6, 6.07) is 0. The van der Waals surface area contributed by atoms with Gasteiger partial charge in [0, 0.05) is 5.41 Å². The lowest BCUT2D eigenvalue weighted by Gasteiger charge is -2.48. The molecule has 0 aromatic carbocycles. The quantitative estimate of drug-likeness (QED) is 0.751. The number of rotatable bonds is 4. The number of aliphatic hydroxyl groups is 2. The molecule has 2 bridgehead atoms. The van der Waals surface area contributed by atoms with E-state index in [4.69, 9.17) is 0 Å². The van der Waals surface area contributed by atoms with E-state index in [1.807, 2.05) is 0 Å². The highest BCUT2D eigenvalue weighted by Gasteiger charge is 2.59. The Hall–Kier alpha value is -0.0800. The maximum atomic E-state index is 10.9. The van der Waals surface area contributed by atoms with Crippen LogP contribution in [0, 0.1) is 17.3 Å². The van der Waals surface area contributed by atoms with E-state index in [9.17, 15) is 10.2 Å². The summed E-state index contributed by atoms with van der Waals surface area (Å²) in [6.07, 6.45) is 6.36. The average molecular weight is 212 g/mol. The molecule has 2 saturated carbocycles. The van der Waals surface area contributed by atoms with E-state index in [2.05, 4.69) is 13.8 Å². The third-order valence-corrected chi connectivity index (χ3v) is 5.39. The van der Waals surface area contributed by atoms with Crippen LogP contribution < -0.4 is 0 Å². The monoisotopic (exact) mass is 212 g/mol. The Morgan fingerprint density at radius 2 is 1.93 bits per heavy atom. The molecule has 0 radical (unpaired) electrons. The van der Waals surface area contributed by atoms with Crippen molar-refractivity contribution >= 4 is 0 Å². The van der Waals surface area contributed by atoms with Crippen molar-refractivity contribution < 1.29 is 10.2 Å². The smallest absolute Gasteiger partial charge is 0.0756 e. The number of aliphatic hydroxyl groups excluding tert-OH is 1. The Morgan fingerprint density at radius 1 is 1.27 bits per heavy atom. The Bertz CT molecular complexity index is 226. The number of hydrogen-bond donors (Lipinski definition) is 2. The molecule has 2 rings (SSSR count). The summed E-state index contributed by atoms with van der Waals surface area (Å²) in [5.41, 5.74) is -0.818. The molecule has 3 atom stereocenters. The van der Waals surface area contributed by atoms with Gasteiger partial charge in [0.25, 0.3) is 0 Å². The van der Waals surface area contributed by atoms with Crippen molar-refractivity contribution in [2.24, 2.45) is 17.3 Å². The molecule has 2 aliphatic rings.